The van der Waals surface area contributed by atoms with Crippen molar-refractivity contribution in [1.29, 1.82) is 0 Å². The number of rotatable bonds is 3. The van der Waals surface area contributed by atoms with Gasteiger partial charge in [-0.1, -0.05) is 6.08 Å². The normalized spacial score (nSPS) is 29.7. The predicted octanol–water partition coefficient (Wildman–Crippen LogP) is 0.605. The number of nitrogens with zero attached hydrogens (tertiary/aromatic N) is 2. The molecule has 0 aliphatic carbocycles. The zero-order valence-corrected chi connectivity index (χ0v) is 14.5. The van der Waals surface area contributed by atoms with Crippen LogP contribution in [0.4, 0.5) is 13.2 Å². The summed E-state index contributed by atoms with van der Waals surface area (Å²) in [5.41, 5.74) is 3.86. The zero-order chi connectivity index (χ0) is 19.0. The maximum absolute atomic E-state index is 13.4. The lowest BCUT2D eigenvalue weighted by atomic mass is 10.1. The minimum Gasteiger partial charge on any atom is -0.383 e. The lowest BCUT2D eigenvalue weighted by Crippen LogP contribution is -2.60. The lowest BCUT2D eigenvalue weighted by molar-refractivity contribution is -0.119. The molecule has 10 heteroatoms. The number of fused-ring (bicyclic) bond motifs is 1. The van der Waals surface area contributed by atoms with Crippen LogP contribution in [0.2, 0.25) is 0 Å². The first-order valence-electron chi connectivity index (χ1n) is 8.84. The number of hydrogen-bond donors (Lipinski definition) is 4. The van der Waals surface area contributed by atoms with Gasteiger partial charge in [-0.25, -0.2) is 18.6 Å². The molecule has 0 saturated carbocycles. The maximum Gasteiger partial charge on any atom is 0.274 e. The van der Waals surface area contributed by atoms with E-state index in [0.29, 0.717) is 11.4 Å². The molecule has 0 aromatic rings. The van der Waals surface area contributed by atoms with Crippen LogP contribution in [-0.4, -0.2) is 53.7 Å². The van der Waals surface area contributed by atoms with E-state index < -0.39 is 11.8 Å². The Kier molecular flexibility index (Phi) is 4.60. The average molecular weight is 382 g/mol. The second-order valence-corrected chi connectivity index (χ2v) is 6.89. The predicted molar refractivity (Wildman–Crippen MR) is 92.1 cm³/mol. The summed E-state index contributed by atoms with van der Waals surface area (Å²) in [6, 6.07) is 0. The highest BCUT2D eigenvalue weighted by Gasteiger charge is 2.39. The number of nitrogens with one attached hydrogen (secondary N) is 4. The molecule has 0 radical (unpaired) electrons. The third-order valence-corrected chi connectivity index (χ3v) is 4.93. The molecular weight excluding hydrogens is 361 g/mol. The van der Waals surface area contributed by atoms with Crippen LogP contribution in [0.1, 0.15) is 12.8 Å². The van der Waals surface area contributed by atoms with Crippen LogP contribution in [-0.2, 0) is 4.79 Å². The van der Waals surface area contributed by atoms with Crippen molar-refractivity contribution in [1.82, 2.24) is 31.3 Å². The van der Waals surface area contributed by atoms with Gasteiger partial charge in [-0.3, -0.25) is 14.7 Å². The number of amides is 1. The van der Waals surface area contributed by atoms with Gasteiger partial charge in [0.25, 0.3) is 11.8 Å². The Morgan fingerprint density at radius 1 is 1.19 bits per heavy atom. The number of allylic oxidation sites excluding steroid dienone is 1. The molecule has 1 amide bonds. The molecule has 2 atom stereocenters. The second-order valence-electron chi connectivity index (χ2n) is 6.89. The molecule has 4 rings (SSSR count). The Labute approximate surface area is 154 Å². The van der Waals surface area contributed by atoms with Gasteiger partial charge in [-0.05, 0) is 12.2 Å². The third kappa shape index (κ3) is 3.81. The summed E-state index contributed by atoms with van der Waals surface area (Å²) in [6.45, 7) is 0.643. The summed E-state index contributed by atoms with van der Waals surface area (Å²) >= 11 is 0. The van der Waals surface area contributed by atoms with E-state index in [2.05, 4.69) is 21.4 Å². The fourth-order valence-corrected chi connectivity index (χ4v) is 3.44. The molecule has 2 unspecified atom stereocenters. The Bertz CT molecular complexity index is 737. The highest BCUT2D eigenvalue weighted by atomic mass is 19.3. The summed E-state index contributed by atoms with van der Waals surface area (Å²) in [4.78, 5) is 14.5. The van der Waals surface area contributed by atoms with Crippen molar-refractivity contribution < 1.29 is 18.0 Å². The molecule has 0 spiro atoms. The molecule has 4 heterocycles. The number of halogens is 3. The van der Waals surface area contributed by atoms with E-state index in [1.54, 1.807) is 11.2 Å². The number of dihydropyridines is 1. The summed E-state index contributed by atoms with van der Waals surface area (Å²) < 4.78 is 40.1. The number of hydrogen-bond acceptors (Lipinski definition) is 6. The number of piperidine rings is 1. The number of hydrazine groups is 1. The summed E-state index contributed by atoms with van der Waals surface area (Å²) in [6.07, 6.45) is 7.26. The second kappa shape index (κ2) is 6.93. The molecule has 4 aliphatic heterocycles. The first kappa shape index (κ1) is 17.9. The molecule has 0 aromatic heterocycles. The Balaban J connectivity index is 1.40. The molecule has 0 aromatic carbocycles. The van der Waals surface area contributed by atoms with Gasteiger partial charge in [0.05, 0.1) is 18.4 Å². The van der Waals surface area contributed by atoms with Crippen molar-refractivity contribution in [3.63, 3.8) is 0 Å². The van der Waals surface area contributed by atoms with E-state index in [9.17, 15) is 18.0 Å². The molecule has 27 heavy (non-hydrogen) atoms. The number of carbonyl (C=O) groups excluding carboxylic acids is 1. The first-order chi connectivity index (χ1) is 12.9. The van der Waals surface area contributed by atoms with E-state index in [-0.39, 0.29) is 50.6 Å². The molecule has 7 nitrogen and oxygen atoms in total. The fraction of sp³-hybridized carbons (Fsp3) is 0.471. The molecular formula is C17H21F3N6O. The minimum atomic E-state index is -2.61. The first-order valence-corrected chi connectivity index (χ1v) is 8.84. The highest BCUT2D eigenvalue weighted by Crippen LogP contribution is 2.29. The topological polar surface area (TPSA) is 71.7 Å². The van der Waals surface area contributed by atoms with Crippen molar-refractivity contribution in [2.75, 3.05) is 19.6 Å². The molecule has 1 saturated heterocycles. The summed E-state index contributed by atoms with van der Waals surface area (Å²) in [5, 5.41) is 10.1. The van der Waals surface area contributed by atoms with Gasteiger partial charge in [-0.15, -0.1) is 0 Å². The largest absolute Gasteiger partial charge is 0.383 e. The summed E-state index contributed by atoms with van der Waals surface area (Å²) in [7, 11) is 0. The van der Waals surface area contributed by atoms with E-state index in [1.165, 1.54) is 12.3 Å². The number of carbonyl (C=O) groups is 1. The molecule has 1 fully saturated rings. The maximum atomic E-state index is 13.4. The van der Waals surface area contributed by atoms with Crippen LogP contribution in [0.15, 0.2) is 47.8 Å². The van der Waals surface area contributed by atoms with Crippen molar-refractivity contribution in [2.45, 2.75) is 31.1 Å². The van der Waals surface area contributed by atoms with E-state index >= 15 is 0 Å². The van der Waals surface area contributed by atoms with Gasteiger partial charge in [-0.2, -0.15) is 0 Å². The van der Waals surface area contributed by atoms with E-state index in [1.807, 2.05) is 17.1 Å². The number of alkyl halides is 2. The quantitative estimate of drug-likeness (QED) is 0.536. The van der Waals surface area contributed by atoms with Gasteiger partial charge in [0.1, 0.15) is 17.7 Å². The smallest absolute Gasteiger partial charge is 0.274 e. The Morgan fingerprint density at radius 3 is 2.67 bits per heavy atom. The van der Waals surface area contributed by atoms with Crippen molar-refractivity contribution in [3.8, 4) is 0 Å². The minimum absolute atomic E-state index is 0.0979. The van der Waals surface area contributed by atoms with E-state index in [0.717, 1.165) is 0 Å². The fourth-order valence-electron chi connectivity index (χ4n) is 3.44. The van der Waals surface area contributed by atoms with Gasteiger partial charge < -0.3 is 16.0 Å². The van der Waals surface area contributed by atoms with Crippen LogP contribution < -0.4 is 21.4 Å². The average Bonchev–Trinajstić information content (AvgIpc) is 3.05. The van der Waals surface area contributed by atoms with Gasteiger partial charge >= 0.3 is 0 Å². The summed E-state index contributed by atoms with van der Waals surface area (Å²) in [5.74, 6) is -3.39. The lowest BCUT2D eigenvalue weighted by Gasteiger charge is -2.42. The molecule has 146 valence electrons. The zero-order valence-electron chi connectivity index (χ0n) is 14.5. The van der Waals surface area contributed by atoms with Crippen molar-refractivity contribution in [3.05, 3.63) is 47.8 Å². The van der Waals surface area contributed by atoms with Crippen LogP contribution in [0.25, 0.3) is 0 Å². The van der Waals surface area contributed by atoms with Gasteiger partial charge in [0, 0.05) is 38.3 Å². The Hall–Kier alpha value is -2.46. The van der Waals surface area contributed by atoms with Crippen LogP contribution in [0, 0.1) is 0 Å². The SMILES string of the molecule is O=C(NC1=CNCC(F)=C1)C1=CNC2C=CC(N3CCC(F)(F)CC3)NN12. The molecule has 4 aliphatic rings. The van der Waals surface area contributed by atoms with Gasteiger partial charge in [0.15, 0.2) is 0 Å². The molecule has 4 N–H and O–H groups in total. The monoisotopic (exact) mass is 382 g/mol. The third-order valence-electron chi connectivity index (χ3n) is 4.93. The number of likely N-dealkylation sites (tertiary alicyclic amines) is 1. The Morgan fingerprint density at radius 2 is 1.93 bits per heavy atom. The standard InChI is InChI=1S/C17H21F3N6O/c18-11-7-12(9-21-8-11)23-16(27)13-10-22-14-1-2-15(24-26(13)14)25-5-3-17(19,20)4-6-25/h1-2,7,9-10,14-15,21-22,24H,3-6,8H2,(H,23,27). The van der Waals surface area contributed by atoms with Crippen molar-refractivity contribution >= 4 is 5.91 Å². The van der Waals surface area contributed by atoms with Crippen LogP contribution in [0.3, 0.4) is 0 Å². The van der Waals surface area contributed by atoms with Crippen LogP contribution >= 0.6 is 0 Å². The van der Waals surface area contributed by atoms with Crippen LogP contribution in [0.5, 0.6) is 0 Å². The van der Waals surface area contributed by atoms with Gasteiger partial charge in [0.2, 0.25) is 0 Å². The molecule has 0 bridgehead atoms. The highest BCUT2D eigenvalue weighted by molar-refractivity contribution is 5.94. The van der Waals surface area contributed by atoms with E-state index in [4.69, 9.17) is 0 Å². The van der Waals surface area contributed by atoms with Crippen molar-refractivity contribution in [2.24, 2.45) is 0 Å².